The Balaban J connectivity index is 1.75. The Morgan fingerprint density at radius 2 is 1.65 bits per heavy atom. The van der Waals surface area contributed by atoms with Crippen molar-refractivity contribution in [3.05, 3.63) is 83.7 Å². The van der Waals surface area contributed by atoms with Gasteiger partial charge in [0, 0.05) is 5.56 Å². The predicted octanol–water partition coefficient (Wildman–Crippen LogP) is 3.95. The van der Waals surface area contributed by atoms with Gasteiger partial charge in [0.05, 0.1) is 6.54 Å². The average Bonchev–Trinajstić information content (AvgIpc) is 2.87. The first kappa shape index (κ1) is 16.3. The summed E-state index contributed by atoms with van der Waals surface area (Å²) in [6.45, 7) is 1.59. The van der Waals surface area contributed by atoms with Crippen molar-refractivity contribution in [1.82, 2.24) is 10.2 Å². The molecular formula is C21H17FN2O2. The number of benzene rings is 3. The third-order valence-corrected chi connectivity index (χ3v) is 4.89. The van der Waals surface area contributed by atoms with Gasteiger partial charge in [0.2, 0.25) is 0 Å². The molecule has 130 valence electrons. The highest BCUT2D eigenvalue weighted by Gasteiger charge is 2.49. The van der Waals surface area contributed by atoms with Crippen LogP contribution in [-0.4, -0.2) is 16.8 Å². The summed E-state index contributed by atoms with van der Waals surface area (Å²) in [5.74, 6) is -0.825. The number of amides is 3. The zero-order valence-electron chi connectivity index (χ0n) is 14.2. The van der Waals surface area contributed by atoms with Crippen LogP contribution in [0.3, 0.4) is 0 Å². The van der Waals surface area contributed by atoms with Crippen molar-refractivity contribution >= 4 is 22.7 Å². The molecular weight excluding hydrogens is 331 g/mol. The highest BCUT2D eigenvalue weighted by Crippen LogP contribution is 2.34. The van der Waals surface area contributed by atoms with E-state index in [1.807, 2.05) is 42.5 Å². The number of nitrogens with zero attached hydrogens (tertiary/aromatic N) is 1. The van der Waals surface area contributed by atoms with Gasteiger partial charge >= 0.3 is 6.03 Å². The number of halogens is 1. The van der Waals surface area contributed by atoms with E-state index in [1.54, 1.807) is 25.1 Å². The average molecular weight is 348 g/mol. The second kappa shape index (κ2) is 5.95. The molecule has 4 rings (SSSR count). The molecule has 0 aliphatic carbocycles. The molecule has 0 bridgehead atoms. The number of nitrogens with one attached hydrogen (secondary N) is 1. The molecule has 0 saturated carbocycles. The van der Waals surface area contributed by atoms with E-state index in [4.69, 9.17) is 0 Å². The van der Waals surface area contributed by atoms with Crippen LogP contribution in [0.5, 0.6) is 0 Å². The molecule has 5 heteroatoms. The van der Waals surface area contributed by atoms with Crippen molar-refractivity contribution in [3.63, 3.8) is 0 Å². The van der Waals surface area contributed by atoms with Gasteiger partial charge in [-0.25, -0.2) is 9.18 Å². The second-order valence-corrected chi connectivity index (χ2v) is 6.56. The molecule has 1 fully saturated rings. The minimum atomic E-state index is -1.19. The van der Waals surface area contributed by atoms with Crippen molar-refractivity contribution in [3.8, 4) is 0 Å². The summed E-state index contributed by atoms with van der Waals surface area (Å²) in [6.07, 6.45) is 0. The van der Waals surface area contributed by atoms with E-state index in [1.165, 1.54) is 6.07 Å². The van der Waals surface area contributed by atoms with Crippen LogP contribution in [0, 0.1) is 5.82 Å². The molecule has 3 aromatic carbocycles. The Kier molecular flexibility index (Phi) is 3.72. The highest BCUT2D eigenvalue weighted by molar-refractivity contribution is 6.09. The third kappa shape index (κ3) is 2.44. The Labute approximate surface area is 150 Å². The lowest BCUT2D eigenvalue weighted by Crippen LogP contribution is -2.41. The Morgan fingerprint density at radius 3 is 2.46 bits per heavy atom. The number of hydrogen-bond acceptors (Lipinski definition) is 2. The lowest BCUT2D eigenvalue weighted by molar-refractivity contribution is -0.131. The number of imide groups is 1. The summed E-state index contributed by atoms with van der Waals surface area (Å²) >= 11 is 0. The van der Waals surface area contributed by atoms with Crippen molar-refractivity contribution in [2.24, 2.45) is 0 Å². The van der Waals surface area contributed by atoms with Crippen LogP contribution >= 0.6 is 0 Å². The van der Waals surface area contributed by atoms with E-state index in [0.717, 1.165) is 21.2 Å². The van der Waals surface area contributed by atoms with Crippen molar-refractivity contribution < 1.29 is 14.0 Å². The molecule has 1 aliphatic heterocycles. The first-order valence-corrected chi connectivity index (χ1v) is 8.36. The zero-order chi connectivity index (χ0) is 18.3. The summed E-state index contributed by atoms with van der Waals surface area (Å²) in [4.78, 5) is 26.7. The van der Waals surface area contributed by atoms with E-state index in [-0.39, 0.29) is 12.5 Å². The summed E-state index contributed by atoms with van der Waals surface area (Å²) in [7, 11) is 0. The molecule has 1 atom stereocenters. The van der Waals surface area contributed by atoms with Gasteiger partial charge in [0.15, 0.2) is 0 Å². The first-order chi connectivity index (χ1) is 12.5. The first-order valence-electron chi connectivity index (χ1n) is 8.36. The number of carbonyl (C=O) groups is 2. The molecule has 1 N–H and O–H groups in total. The van der Waals surface area contributed by atoms with Crippen molar-refractivity contribution in [1.29, 1.82) is 0 Å². The fraction of sp³-hybridized carbons (Fsp3) is 0.143. The van der Waals surface area contributed by atoms with E-state index in [0.29, 0.717) is 5.56 Å². The van der Waals surface area contributed by atoms with Gasteiger partial charge in [-0.3, -0.25) is 9.69 Å². The molecule has 3 aromatic rings. The Bertz CT molecular complexity index is 1030. The van der Waals surface area contributed by atoms with Crippen LogP contribution in [0.4, 0.5) is 9.18 Å². The molecule has 4 nitrogen and oxygen atoms in total. The standard InChI is InChI=1S/C21H17FN2O2/c1-21(17-11-6-9-14-7-2-4-10-16(14)17)19(25)24(20(26)23-21)13-15-8-3-5-12-18(15)22/h2-12H,13H2,1H3,(H,23,26)/t21-/m1/s1. The molecule has 0 spiro atoms. The highest BCUT2D eigenvalue weighted by atomic mass is 19.1. The van der Waals surface area contributed by atoms with E-state index >= 15 is 0 Å². The van der Waals surface area contributed by atoms with Crippen LogP contribution in [0.2, 0.25) is 0 Å². The molecule has 0 aromatic heterocycles. The summed E-state index contributed by atoms with van der Waals surface area (Å²) in [5, 5.41) is 4.68. The minimum Gasteiger partial charge on any atom is -0.319 e. The fourth-order valence-electron chi connectivity index (χ4n) is 3.48. The van der Waals surface area contributed by atoms with Gasteiger partial charge in [0.25, 0.3) is 5.91 Å². The van der Waals surface area contributed by atoms with Crippen molar-refractivity contribution in [2.75, 3.05) is 0 Å². The predicted molar refractivity (Wildman–Crippen MR) is 96.8 cm³/mol. The van der Waals surface area contributed by atoms with Crippen LogP contribution in [-0.2, 0) is 16.9 Å². The maximum absolute atomic E-state index is 14.0. The molecule has 1 aliphatic rings. The molecule has 26 heavy (non-hydrogen) atoms. The number of fused-ring (bicyclic) bond motifs is 1. The molecule has 3 amide bonds. The number of urea groups is 1. The SMILES string of the molecule is C[C@]1(c2cccc3ccccc23)NC(=O)N(Cc2ccccc2F)C1=O. The largest absolute Gasteiger partial charge is 0.325 e. The number of carbonyl (C=O) groups excluding carboxylic acids is 2. The van der Waals surface area contributed by atoms with Gasteiger partial charge in [-0.15, -0.1) is 0 Å². The lowest BCUT2D eigenvalue weighted by Gasteiger charge is -2.24. The molecule has 0 radical (unpaired) electrons. The van der Waals surface area contributed by atoms with Gasteiger partial charge in [-0.05, 0) is 29.3 Å². The zero-order valence-corrected chi connectivity index (χ0v) is 14.2. The van der Waals surface area contributed by atoms with E-state index in [2.05, 4.69) is 5.32 Å². The minimum absolute atomic E-state index is 0.0995. The van der Waals surface area contributed by atoms with E-state index in [9.17, 15) is 14.0 Å². The van der Waals surface area contributed by atoms with Crippen LogP contribution in [0.1, 0.15) is 18.1 Å². The lowest BCUT2D eigenvalue weighted by atomic mass is 9.88. The van der Waals surface area contributed by atoms with E-state index < -0.39 is 17.4 Å². The quantitative estimate of drug-likeness (QED) is 0.729. The normalized spacial score (nSPS) is 19.8. The topological polar surface area (TPSA) is 49.4 Å². The molecule has 1 saturated heterocycles. The summed E-state index contributed by atoms with van der Waals surface area (Å²) < 4.78 is 14.0. The Morgan fingerprint density at radius 1 is 0.962 bits per heavy atom. The monoisotopic (exact) mass is 348 g/mol. The summed E-state index contributed by atoms with van der Waals surface area (Å²) in [5.41, 5.74) is -0.161. The van der Waals surface area contributed by atoms with Gasteiger partial charge in [-0.2, -0.15) is 0 Å². The van der Waals surface area contributed by atoms with Crippen LogP contribution in [0.15, 0.2) is 66.7 Å². The molecule has 1 heterocycles. The van der Waals surface area contributed by atoms with Gasteiger partial charge in [-0.1, -0.05) is 60.7 Å². The van der Waals surface area contributed by atoms with Crippen molar-refractivity contribution in [2.45, 2.75) is 19.0 Å². The maximum atomic E-state index is 14.0. The third-order valence-electron chi connectivity index (χ3n) is 4.89. The number of hydrogen-bond donors (Lipinski definition) is 1. The maximum Gasteiger partial charge on any atom is 0.325 e. The summed E-state index contributed by atoms with van der Waals surface area (Å²) in [6, 6.07) is 19.0. The fourth-order valence-corrected chi connectivity index (χ4v) is 3.48. The second-order valence-electron chi connectivity index (χ2n) is 6.56. The molecule has 0 unspecified atom stereocenters. The van der Waals surface area contributed by atoms with Gasteiger partial charge in [0.1, 0.15) is 11.4 Å². The van der Waals surface area contributed by atoms with Crippen LogP contribution in [0.25, 0.3) is 10.8 Å². The Hall–Kier alpha value is -3.21. The van der Waals surface area contributed by atoms with Crippen LogP contribution < -0.4 is 5.32 Å². The number of rotatable bonds is 3. The smallest absolute Gasteiger partial charge is 0.319 e. The van der Waals surface area contributed by atoms with Gasteiger partial charge < -0.3 is 5.32 Å².